The third kappa shape index (κ3) is 8.42. The third-order valence-electron chi connectivity index (χ3n) is 7.64. The fraction of sp³-hybridized carbons (Fsp3) is 0.414. The smallest absolute Gasteiger partial charge is 0.352 e. The first-order valence-corrected chi connectivity index (χ1v) is 18.1. The summed E-state index contributed by atoms with van der Waals surface area (Å²) in [5, 5.41) is 35.4. The second kappa shape index (κ2) is 16.4. The van der Waals surface area contributed by atoms with Crippen LogP contribution in [0.5, 0.6) is 0 Å². The normalized spacial score (nSPS) is 21.7. The molecule has 20 nitrogen and oxygen atoms in total. The Kier molecular flexibility index (Phi) is 11.9. The zero-order chi connectivity index (χ0) is 37.7. The van der Waals surface area contributed by atoms with Gasteiger partial charge in [0.25, 0.3) is 11.8 Å². The molecule has 52 heavy (non-hydrogen) atoms. The van der Waals surface area contributed by atoms with Crippen molar-refractivity contribution < 1.29 is 58.0 Å². The Hall–Kier alpha value is -5.29. The van der Waals surface area contributed by atoms with E-state index in [1.807, 2.05) is 17.5 Å². The Morgan fingerprint density at radius 3 is 1.79 bits per heavy atom. The highest BCUT2D eigenvalue weighted by Gasteiger charge is 2.55. The Bertz CT molecular complexity index is 1720. The summed E-state index contributed by atoms with van der Waals surface area (Å²) in [4.78, 5) is 97.2. The van der Waals surface area contributed by atoms with Crippen LogP contribution >= 0.6 is 34.9 Å². The topological polar surface area (TPSA) is 270 Å². The maximum absolute atomic E-state index is 12.4. The summed E-state index contributed by atoms with van der Waals surface area (Å²) in [6.07, 6.45) is 1.44. The summed E-state index contributed by atoms with van der Waals surface area (Å²) >= 11 is 4.07. The molecule has 2 fully saturated rings. The summed E-state index contributed by atoms with van der Waals surface area (Å²) in [6.45, 7) is 1.92. The van der Waals surface area contributed by atoms with Gasteiger partial charge in [0.15, 0.2) is 0 Å². The van der Waals surface area contributed by atoms with Crippen LogP contribution in [-0.2, 0) is 60.8 Å². The van der Waals surface area contributed by atoms with Gasteiger partial charge in [0.1, 0.15) is 60.3 Å². The number of hydrogen-bond acceptors (Lipinski definition) is 16. The van der Waals surface area contributed by atoms with Crippen molar-refractivity contribution in [3.63, 3.8) is 0 Å². The number of aliphatic carboxylic acids is 2. The van der Waals surface area contributed by atoms with E-state index in [9.17, 15) is 48.6 Å². The number of hydrogen-bond donors (Lipinski definition) is 4. The number of carboxylic acids is 2. The number of β-lactam (4-membered cyclic amide) rings is 2. The maximum atomic E-state index is 12.4. The molecule has 4 amide bonds. The van der Waals surface area contributed by atoms with Crippen molar-refractivity contribution >= 4 is 82.4 Å². The van der Waals surface area contributed by atoms with Gasteiger partial charge in [-0.2, -0.15) is 0 Å². The van der Waals surface area contributed by atoms with Crippen LogP contribution in [0.15, 0.2) is 46.4 Å². The molecule has 4 aliphatic rings. The first-order valence-electron chi connectivity index (χ1n) is 15.1. The number of esters is 2. The van der Waals surface area contributed by atoms with Gasteiger partial charge in [0.2, 0.25) is 11.8 Å². The number of tetrazole rings is 1. The van der Waals surface area contributed by atoms with Gasteiger partial charge in [0.05, 0.1) is 6.42 Å². The molecule has 0 unspecified atom stereocenters. The first-order chi connectivity index (χ1) is 24.8. The Morgan fingerprint density at radius 2 is 1.37 bits per heavy atom. The summed E-state index contributed by atoms with van der Waals surface area (Å²) in [5.41, 5.74) is 0.334. The number of aromatic nitrogens is 4. The second-order valence-electron chi connectivity index (χ2n) is 11.2. The van der Waals surface area contributed by atoms with E-state index in [-0.39, 0.29) is 49.2 Å². The molecular formula is C29H30N8O12S3. The lowest BCUT2D eigenvalue weighted by Gasteiger charge is -2.49. The Morgan fingerprint density at radius 1 is 0.846 bits per heavy atom. The number of thioether (sulfide) groups is 2. The van der Waals surface area contributed by atoms with Crippen molar-refractivity contribution in [2.24, 2.45) is 0 Å². The van der Waals surface area contributed by atoms with E-state index in [1.54, 1.807) is 0 Å². The SMILES string of the molecule is CC(=O)OCC1=C(C(=O)O)N2C(=O)[C@@H](NC(=O)Cc3cccs3)[C@H]2SC1.CC(=O)OCC1=C(C(=O)O)N2C(=O)[C@@H](NC(=O)Cn3cnnn3)[C@H]2SC1. The number of carboxylic acid groups (broad SMARTS) is 2. The molecular weight excluding hydrogens is 749 g/mol. The van der Waals surface area contributed by atoms with E-state index in [0.717, 1.165) is 14.7 Å². The highest BCUT2D eigenvalue weighted by molar-refractivity contribution is 8.00. The molecule has 0 saturated carbocycles. The van der Waals surface area contributed by atoms with Gasteiger partial charge in [-0.15, -0.1) is 40.0 Å². The van der Waals surface area contributed by atoms with Crippen LogP contribution in [0.2, 0.25) is 0 Å². The average Bonchev–Trinajstić information content (AvgIpc) is 3.81. The molecule has 0 aliphatic carbocycles. The monoisotopic (exact) mass is 778 g/mol. The average molecular weight is 779 g/mol. The number of fused-ring (bicyclic) bond motifs is 2. The van der Waals surface area contributed by atoms with Crippen molar-refractivity contribution in [2.75, 3.05) is 24.7 Å². The van der Waals surface area contributed by atoms with Crippen LogP contribution in [0.3, 0.4) is 0 Å². The van der Waals surface area contributed by atoms with Gasteiger partial charge in [-0.25, -0.2) is 14.3 Å². The van der Waals surface area contributed by atoms with E-state index < -0.39 is 64.4 Å². The molecule has 23 heteroatoms. The van der Waals surface area contributed by atoms with Gasteiger partial charge in [0, 0.05) is 41.4 Å². The van der Waals surface area contributed by atoms with Crippen LogP contribution in [0.25, 0.3) is 0 Å². The minimum absolute atomic E-state index is 0.159. The third-order valence-corrected chi connectivity index (χ3v) is 11.2. The molecule has 6 heterocycles. The number of carbonyl (C=O) groups is 8. The molecule has 4 N–H and O–H groups in total. The second-order valence-corrected chi connectivity index (χ2v) is 14.5. The van der Waals surface area contributed by atoms with Gasteiger partial charge >= 0.3 is 23.9 Å². The predicted octanol–water partition coefficient (Wildman–Crippen LogP) is -1.43. The number of rotatable bonds is 12. The maximum Gasteiger partial charge on any atom is 0.352 e. The van der Waals surface area contributed by atoms with Crippen LogP contribution in [0.1, 0.15) is 18.7 Å². The van der Waals surface area contributed by atoms with Crippen LogP contribution in [0, 0.1) is 0 Å². The number of carbonyl (C=O) groups excluding carboxylic acids is 6. The van der Waals surface area contributed by atoms with Crippen molar-refractivity contribution in [2.45, 2.75) is 49.6 Å². The molecule has 0 radical (unpaired) electrons. The van der Waals surface area contributed by atoms with Gasteiger partial charge in [-0.1, -0.05) is 6.07 Å². The largest absolute Gasteiger partial charge is 0.477 e. The fourth-order valence-electron chi connectivity index (χ4n) is 5.38. The van der Waals surface area contributed by atoms with Crippen LogP contribution < -0.4 is 10.6 Å². The van der Waals surface area contributed by atoms with Crippen molar-refractivity contribution in [3.8, 4) is 0 Å². The predicted molar refractivity (Wildman–Crippen MR) is 178 cm³/mol. The van der Waals surface area contributed by atoms with E-state index in [4.69, 9.17) is 9.47 Å². The lowest BCUT2D eigenvalue weighted by molar-refractivity contribution is -0.151. The summed E-state index contributed by atoms with van der Waals surface area (Å²) in [5.74, 6) is -4.80. The molecule has 0 spiro atoms. The van der Waals surface area contributed by atoms with Crippen molar-refractivity contribution in [3.05, 3.63) is 51.3 Å². The fourth-order valence-corrected chi connectivity index (χ4v) is 8.74. The number of nitrogens with one attached hydrogen (secondary N) is 2. The van der Waals surface area contributed by atoms with Crippen LogP contribution in [0.4, 0.5) is 0 Å². The lowest BCUT2D eigenvalue weighted by atomic mass is 10.0. The molecule has 0 bridgehead atoms. The summed E-state index contributed by atoms with van der Waals surface area (Å²) in [6, 6.07) is 2.08. The van der Waals surface area contributed by atoms with Gasteiger partial charge in [-0.3, -0.25) is 38.6 Å². The van der Waals surface area contributed by atoms with E-state index in [0.29, 0.717) is 16.9 Å². The van der Waals surface area contributed by atoms with E-state index in [2.05, 4.69) is 26.2 Å². The molecule has 2 saturated heterocycles. The van der Waals surface area contributed by atoms with Crippen LogP contribution in [-0.4, -0.2) is 135 Å². The van der Waals surface area contributed by atoms with Gasteiger partial charge in [-0.05, 0) is 21.9 Å². The Labute approximate surface area is 305 Å². The molecule has 2 aromatic rings. The van der Waals surface area contributed by atoms with E-state index in [1.165, 1.54) is 59.7 Å². The summed E-state index contributed by atoms with van der Waals surface area (Å²) < 4.78 is 10.9. The zero-order valence-corrected chi connectivity index (χ0v) is 29.7. The van der Waals surface area contributed by atoms with E-state index >= 15 is 0 Å². The molecule has 4 aliphatic heterocycles. The lowest BCUT2D eigenvalue weighted by Crippen LogP contribution is -2.70. The molecule has 276 valence electrons. The number of amides is 4. The molecule has 6 rings (SSSR count). The molecule has 0 aromatic carbocycles. The zero-order valence-electron chi connectivity index (χ0n) is 27.2. The Balaban J connectivity index is 0.000000201. The van der Waals surface area contributed by atoms with Gasteiger partial charge < -0.3 is 30.3 Å². The molecule has 2 aromatic heterocycles. The quantitative estimate of drug-likeness (QED) is 0.142. The highest BCUT2D eigenvalue weighted by atomic mass is 32.2. The standard InChI is InChI=1S/C16H16N2O6S2.C13H14N6O6S/c1-8(19)24-6-9-7-26-15-12(14(21)18(15)13(9)16(22)23)17-11(20)5-10-3-2-4-25-10;1-6(20)25-3-7-4-26-12-9(11(22)19(12)10(7)13(23)24)15-8(21)2-18-5-14-16-17-18/h2-4,12,15H,5-7H2,1H3,(H,17,20)(H,22,23);5,9,12H,2-4H2,1H3,(H,15,21)(H,23,24)/t12-,15-;9-,12-/m11/s1. The number of ether oxygens (including phenoxy) is 2. The van der Waals surface area contributed by atoms with Crippen molar-refractivity contribution in [1.29, 1.82) is 0 Å². The number of thiophene rings is 1. The molecule has 4 atom stereocenters. The summed E-state index contributed by atoms with van der Waals surface area (Å²) in [7, 11) is 0. The first kappa shape index (κ1) is 38.0. The highest BCUT2D eigenvalue weighted by Crippen LogP contribution is 2.41. The van der Waals surface area contributed by atoms with Crippen molar-refractivity contribution in [1.82, 2.24) is 40.6 Å². The minimum atomic E-state index is -1.29. The minimum Gasteiger partial charge on any atom is -0.477 e. The number of nitrogens with zero attached hydrogens (tertiary/aromatic N) is 6.